The number of benzene rings is 1. The standard InChI is InChI=1S/C13H18N2O2/c1-9-7-11(14)12(15(9)13(16)17)8-10-5-3-2-4-6-10/h2-6,9,11-12H,7-8,14H2,1H3,(H,16,17)/t9?,11-,12+/m1/s1. The highest BCUT2D eigenvalue weighted by Crippen LogP contribution is 2.25. The van der Waals surface area contributed by atoms with Crippen LogP contribution in [0.1, 0.15) is 18.9 Å². The summed E-state index contributed by atoms with van der Waals surface area (Å²) in [4.78, 5) is 12.7. The summed E-state index contributed by atoms with van der Waals surface area (Å²) >= 11 is 0. The van der Waals surface area contributed by atoms with E-state index in [2.05, 4.69) is 0 Å². The maximum Gasteiger partial charge on any atom is 0.407 e. The van der Waals surface area contributed by atoms with Crippen LogP contribution >= 0.6 is 0 Å². The van der Waals surface area contributed by atoms with E-state index in [0.717, 1.165) is 12.0 Å². The second-order valence-electron chi connectivity index (χ2n) is 4.70. The van der Waals surface area contributed by atoms with Gasteiger partial charge in [-0.25, -0.2) is 4.79 Å². The normalized spacial score (nSPS) is 28.4. The first-order valence-corrected chi connectivity index (χ1v) is 5.90. The van der Waals surface area contributed by atoms with Crippen LogP contribution in [-0.4, -0.2) is 34.2 Å². The van der Waals surface area contributed by atoms with Crippen molar-refractivity contribution in [2.24, 2.45) is 5.73 Å². The zero-order chi connectivity index (χ0) is 12.4. The molecule has 1 amide bonds. The predicted molar refractivity (Wildman–Crippen MR) is 65.9 cm³/mol. The molecule has 0 saturated carbocycles. The summed E-state index contributed by atoms with van der Waals surface area (Å²) in [5, 5.41) is 9.22. The molecule has 0 spiro atoms. The quantitative estimate of drug-likeness (QED) is 0.818. The van der Waals surface area contributed by atoms with Gasteiger partial charge in [0.05, 0.1) is 6.04 Å². The molecule has 1 aromatic carbocycles. The summed E-state index contributed by atoms with van der Waals surface area (Å²) in [5.74, 6) is 0. The van der Waals surface area contributed by atoms with Crippen molar-refractivity contribution in [2.75, 3.05) is 0 Å². The van der Waals surface area contributed by atoms with Crippen molar-refractivity contribution in [1.29, 1.82) is 0 Å². The van der Waals surface area contributed by atoms with Gasteiger partial charge in [0.2, 0.25) is 0 Å². The summed E-state index contributed by atoms with van der Waals surface area (Å²) in [7, 11) is 0. The fourth-order valence-electron chi connectivity index (χ4n) is 2.63. The fourth-order valence-corrected chi connectivity index (χ4v) is 2.63. The third-order valence-corrected chi connectivity index (χ3v) is 3.45. The number of nitrogens with zero attached hydrogens (tertiary/aromatic N) is 1. The molecule has 1 aliphatic heterocycles. The van der Waals surface area contributed by atoms with Crippen molar-refractivity contribution in [3.05, 3.63) is 35.9 Å². The number of nitrogens with two attached hydrogens (primary N) is 1. The Morgan fingerprint density at radius 2 is 2.12 bits per heavy atom. The number of likely N-dealkylation sites (tertiary alicyclic amines) is 1. The average Bonchev–Trinajstić information content (AvgIpc) is 2.55. The van der Waals surface area contributed by atoms with E-state index in [1.54, 1.807) is 0 Å². The van der Waals surface area contributed by atoms with Gasteiger partial charge in [0.1, 0.15) is 0 Å². The molecule has 0 bridgehead atoms. The maximum atomic E-state index is 11.2. The van der Waals surface area contributed by atoms with Crippen LogP contribution in [0.3, 0.4) is 0 Å². The molecular weight excluding hydrogens is 216 g/mol. The molecule has 4 heteroatoms. The molecule has 1 saturated heterocycles. The zero-order valence-electron chi connectivity index (χ0n) is 9.91. The van der Waals surface area contributed by atoms with Crippen LogP contribution in [0.5, 0.6) is 0 Å². The number of hydrogen-bond donors (Lipinski definition) is 2. The summed E-state index contributed by atoms with van der Waals surface area (Å²) in [5.41, 5.74) is 7.17. The van der Waals surface area contributed by atoms with Gasteiger partial charge in [-0.05, 0) is 25.3 Å². The average molecular weight is 234 g/mol. The van der Waals surface area contributed by atoms with E-state index in [1.807, 2.05) is 37.3 Å². The van der Waals surface area contributed by atoms with Crippen LogP contribution in [0.25, 0.3) is 0 Å². The van der Waals surface area contributed by atoms with E-state index >= 15 is 0 Å². The van der Waals surface area contributed by atoms with E-state index in [-0.39, 0.29) is 18.1 Å². The van der Waals surface area contributed by atoms with E-state index in [9.17, 15) is 9.90 Å². The van der Waals surface area contributed by atoms with E-state index in [4.69, 9.17) is 5.73 Å². The van der Waals surface area contributed by atoms with Crippen molar-refractivity contribution in [1.82, 2.24) is 4.90 Å². The van der Waals surface area contributed by atoms with Crippen molar-refractivity contribution < 1.29 is 9.90 Å². The van der Waals surface area contributed by atoms with E-state index in [1.165, 1.54) is 4.90 Å². The molecule has 1 aliphatic rings. The van der Waals surface area contributed by atoms with E-state index < -0.39 is 6.09 Å². The lowest BCUT2D eigenvalue weighted by molar-refractivity contribution is 0.124. The fraction of sp³-hybridized carbons (Fsp3) is 0.462. The zero-order valence-corrected chi connectivity index (χ0v) is 9.91. The Bertz CT molecular complexity index is 394. The van der Waals surface area contributed by atoms with Gasteiger partial charge in [-0.3, -0.25) is 0 Å². The first-order valence-electron chi connectivity index (χ1n) is 5.90. The Labute approximate surface area is 101 Å². The van der Waals surface area contributed by atoms with Crippen LogP contribution in [-0.2, 0) is 6.42 Å². The Kier molecular flexibility index (Phi) is 3.33. The third-order valence-electron chi connectivity index (χ3n) is 3.45. The van der Waals surface area contributed by atoms with Crippen LogP contribution in [0, 0.1) is 0 Å². The number of carbonyl (C=O) groups is 1. The lowest BCUT2D eigenvalue weighted by Gasteiger charge is -2.26. The molecule has 1 fully saturated rings. The molecule has 0 aliphatic carbocycles. The number of amides is 1. The molecule has 1 aromatic rings. The van der Waals surface area contributed by atoms with Gasteiger partial charge in [-0.1, -0.05) is 30.3 Å². The summed E-state index contributed by atoms with van der Waals surface area (Å²) in [6.45, 7) is 1.92. The highest BCUT2D eigenvalue weighted by molar-refractivity contribution is 5.66. The number of hydrogen-bond acceptors (Lipinski definition) is 2. The minimum atomic E-state index is -0.869. The Balaban J connectivity index is 2.15. The predicted octanol–water partition coefficient (Wildman–Crippen LogP) is 1.70. The summed E-state index contributed by atoms with van der Waals surface area (Å²) in [6.07, 6.45) is 0.564. The SMILES string of the molecule is CC1C[C@@H](N)[C@H](Cc2ccccc2)N1C(=O)O. The molecule has 1 heterocycles. The largest absolute Gasteiger partial charge is 0.465 e. The van der Waals surface area contributed by atoms with Gasteiger partial charge in [0, 0.05) is 12.1 Å². The first kappa shape index (κ1) is 11.9. The van der Waals surface area contributed by atoms with Crippen LogP contribution in [0.4, 0.5) is 4.79 Å². The Hall–Kier alpha value is -1.55. The minimum Gasteiger partial charge on any atom is -0.465 e. The summed E-state index contributed by atoms with van der Waals surface area (Å²) in [6, 6.07) is 9.73. The lowest BCUT2D eigenvalue weighted by Crippen LogP contribution is -2.45. The molecule has 0 radical (unpaired) electrons. The van der Waals surface area contributed by atoms with Crippen molar-refractivity contribution in [2.45, 2.75) is 37.9 Å². The van der Waals surface area contributed by atoms with Gasteiger partial charge >= 0.3 is 6.09 Å². The Morgan fingerprint density at radius 3 is 2.71 bits per heavy atom. The van der Waals surface area contributed by atoms with Crippen molar-refractivity contribution >= 4 is 6.09 Å². The Morgan fingerprint density at radius 1 is 1.47 bits per heavy atom. The minimum absolute atomic E-state index is 0.0104. The molecule has 0 aromatic heterocycles. The van der Waals surface area contributed by atoms with Crippen molar-refractivity contribution in [3.8, 4) is 0 Å². The molecule has 3 atom stereocenters. The maximum absolute atomic E-state index is 11.2. The summed E-state index contributed by atoms with van der Waals surface area (Å²) < 4.78 is 0. The second-order valence-corrected chi connectivity index (χ2v) is 4.70. The topological polar surface area (TPSA) is 66.6 Å². The molecule has 4 nitrogen and oxygen atoms in total. The van der Waals surface area contributed by atoms with E-state index in [0.29, 0.717) is 6.42 Å². The molecule has 3 N–H and O–H groups in total. The van der Waals surface area contributed by atoms with Crippen molar-refractivity contribution in [3.63, 3.8) is 0 Å². The van der Waals surface area contributed by atoms with Crippen LogP contribution in [0.2, 0.25) is 0 Å². The lowest BCUT2D eigenvalue weighted by atomic mass is 10.0. The molecule has 1 unspecified atom stereocenters. The number of rotatable bonds is 2. The van der Waals surface area contributed by atoms with Gasteiger partial charge in [0.25, 0.3) is 0 Å². The first-order chi connectivity index (χ1) is 8.09. The highest BCUT2D eigenvalue weighted by atomic mass is 16.4. The molecule has 17 heavy (non-hydrogen) atoms. The van der Waals surface area contributed by atoms with Gasteiger partial charge in [-0.2, -0.15) is 0 Å². The van der Waals surface area contributed by atoms with Gasteiger partial charge < -0.3 is 15.7 Å². The monoisotopic (exact) mass is 234 g/mol. The van der Waals surface area contributed by atoms with Gasteiger partial charge in [-0.15, -0.1) is 0 Å². The third kappa shape index (κ3) is 2.42. The number of carboxylic acid groups (broad SMARTS) is 1. The molecule has 2 rings (SSSR count). The van der Waals surface area contributed by atoms with Crippen LogP contribution in [0.15, 0.2) is 30.3 Å². The van der Waals surface area contributed by atoms with Crippen LogP contribution < -0.4 is 5.73 Å². The molecular formula is C13H18N2O2. The van der Waals surface area contributed by atoms with Gasteiger partial charge in [0.15, 0.2) is 0 Å². The second kappa shape index (κ2) is 4.75. The molecule has 92 valence electrons. The highest BCUT2D eigenvalue weighted by Gasteiger charge is 2.39. The smallest absolute Gasteiger partial charge is 0.407 e.